The molecule has 0 aliphatic rings. The molecule has 0 N–H and O–H groups in total. The van der Waals surface area contributed by atoms with Crippen molar-refractivity contribution >= 4 is 0 Å². The topological polar surface area (TPSA) is 0 Å². The molecule has 3 rings (SSSR count). The van der Waals surface area contributed by atoms with Crippen LogP contribution in [0.25, 0.3) is 0 Å². The normalized spacial score (nSPS) is 11.4. The summed E-state index contributed by atoms with van der Waals surface area (Å²) in [4.78, 5) is 0. The average molecular weight is 286 g/mol. The summed E-state index contributed by atoms with van der Waals surface area (Å²) in [5, 5.41) is 0. The molecule has 0 fully saturated rings. The Morgan fingerprint density at radius 3 is 1.41 bits per heavy atom. The fraction of sp³-hybridized carbons (Fsp3) is 0.182. The van der Waals surface area contributed by atoms with Gasteiger partial charge in [-0.25, -0.2) is 0 Å². The highest BCUT2D eigenvalue weighted by Gasteiger charge is 2.34. The first-order chi connectivity index (χ1) is 10.8. The second-order valence-electron chi connectivity index (χ2n) is 5.86. The fourth-order valence-corrected chi connectivity index (χ4v) is 3.40. The SMILES string of the molecule is CCC(c1ccccc1)(c1ccccc1)c1ccc(C)cc1. The molecular formula is C22H22. The first-order valence-corrected chi connectivity index (χ1v) is 7.95. The standard InChI is InChI=1S/C22H22/c1-3-22(19-10-6-4-7-11-19,20-12-8-5-9-13-20)21-16-14-18(2)15-17-21/h4-17H,3H2,1-2H3. The molecule has 3 aromatic carbocycles. The molecule has 0 atom stereocenters. The summed E-state index contributed by atoms with van der Waals surface area (Å²) in [6.45, 7) is 4.42. The van der Waals surface area contributed by atoms with E-state index < -0.39 is 0 Å². The van der Waals surface area contributed by atoms with Crippen LogP contribution in [0.15, 0.2) is 84.9 Å². The van der Waals surface area contributed by atoms with E-state index in [1.165, 1.54) is 22.3 Å². The first kappa shape index (κ1) is 14.6. The van der Waals surface area contributed by atoms with Gasteiger partial charge in [0.25, 0.3) is 0 Å². The molecule has 0 heterocycles. The lowest BCUT2D eigenvalue weighted by Gasteiger charge is -2.35. The van der Waals surface area contributed by atoms with Gasteiger partial charge in [-0.05, 0) is 30.0 Å². The largest absolute Gasteiger partial charge is 0.0639 e. The van der Waals surface area contributed by atoms with Gasteiger partial charge in [-0.3, -0.25) is 0 Å². The third-order valence-corrected chi connectivity index (χ3v) is 4.61. The van der Waals surface area contributed by atoms with Crippen LogP contribution in [-0.4, -0.2) is 0 Å². The summed E-state index contributed by atoms with van der Waals surface area (Å²) >= 11 is 0. The van der Waals surface area contributed by atoms with Gasteiger partial charge in [-0.2, -0.15) is 0 Å². The van der Waals surface area contributed by atoms with Crippen LogP contribution in [0.1, 0.15) is 35.6 Å². The van der Waals surface area contributed by atoms with Gasteiger partial charge in [0.1, 0.15) is 0 Å². The second-order valence-corrected chi connectivity index (χ2v) is 5.86. The number of hydrogen-bond acceptors (Lipinski definition) is 0. The van der Waals surface area contributed by atoms with Crippen LogP contribution in [0.4, 0.5) is 0 Å². The Kier molecular flexibility index (Phi) is 4.11. The summed E-state index contributed by atoms with van der Waals surface area (Å²) in [7, 11) is 0. The zero-order chi connectivity index (χ0) is 15.4. The zero-order valence-electron chi connectivity index (χ0n) is 13.3. The van der Waals surface area contributed by atoms with Crippen molar-refractivity contribution in [3.05, 3.63) is 107 Å². The van der Waals surface area contributed by atoms with Crippen molar-refractivity contribution in [2.24, 2.45) is 0 Å². The van der Waals surface area contributed by atoms with Crippen molar-refractivity contribution in [2.75, 3.05) is 0 Å². The van der Waals surface area contributed by atoms with Gasteiger partial charge < -0.3 is 0 Å². The van der Waals surface area contributed by atoms with E-state index in [-0.39, 0.29) is 5.41 Å². The Labute approximate surface area is 133 Å². The Hall–Kier alpha value is -2.34. The zero-order valence-corrected chi connectivity index (χ0v) is 13.3. The lowest BCUT2D eigenvalue weighted by molar-refractivity contribution is 0.593. The van der Waals surface area contributed by atoms with Crippen LogP contribution >= 0.6 is 0 Å². The fourth-order valence-electron chi connectivity index (χ4n) is 3.40. The summed E-state index contributed by atoms with van der Waals surface area (Å²) < 4.78 is 0. The van der Waals surface area contributed by atoms with Crippen molar-refractivity contribution in [2.45, 2.75) is 25.7 Å². The van der Waals surface area contributed by atoms with E-state index >= 15 is 0 Å². The molecule has 0 radical (unpaired) electrons. The molecule has 0 saturated carbocycles. The maximum Gasteiger partial charge on any atom is 0.0448 e. The van der Waals surface area contributed by atoms with Crippen molar-refractivity contribution in [1.82, 2.24) is 0 Å². The molecule has 0 aromatic heterocycles. The summed E-state index contributed by atoms with van der Waals surface area (Å²) in [5.41, 5.74) is 5.28. The molecule has 0 nitrogen and oxygen atoms in total. The quantitative estimate of drug-likeness (QED) is 0.536. The van der Waals surface area contributed by atoms with Gasteiger partial charge in [-0.1, -0.05) is 97.4 Å². The maximum atomic E-state index is 2.28. The molecular weight excluding hydrogens is 264 g/mol. The van der Waals surface area contributed by atoms with Crippen LogP contribution < -0.4 is 0 Å². The maximum absolute atomic E-state index is 2.28. The summed E-state index contributed by atoms with van der Waals surface area (Å²) in [6, 6.07) is 30.7. The number of aryl methyl sites for hydroxylation is 1. The third kappa shape index (κ3) is 2.46. The number of hydrogen-bond donors (Lipinski definition) is 0. The van der Waals surface area contributed by atoms with Gasteiger partial charge >= 0.3 is 0 Å². The highest BCUT2D eigenvalue weighted by Crippen LogP contribution is 2.41. The van der Waals surface area contributed by atoms with E-state index in [4.69, 9.17) is 0 Å². The van der Waals surface area contributed by atoms with Crippen LogP contribution in [0.2, 0.25) is 0 Å². The molecule has 0 bridgehead atoms. The molecule has 0 aliphatic carbocycles. The Bertz CT molecular complexity index is 670. The molecule has 3 aromatic rings. The molecule has 0 spiro atoms. The van der Waals surface area contributed by atoms with E-state index in [9.17, 15) is 0 Å². The summed E-state index contributed by atoms with van der Waals surface area (Å²) in [6.07, 6.45) is 1.03. The van der Waals surface area contributed by atoms with Gasteiger partial charge in [0.2, 0.25) is 0 Å². The van der Waals surface area contributed by atoms with E-state index in [1.807, 2.05) is 0 Å². The molecule has 110 valence electrons. The van der Waals surface area contributed by atoms with Crippen molar-refractivity contribution in [3.8, 4) is 0 Å². The van der Waals surface area contributed by atoms with Gasteiger partial charge in [-0.15, -0.1) is 0 Å². The second kappa shape index (κ2) is 6.19. The highest BCUT2D eigenvalue weighted by atomic mass is 14.4. The smallest absolute Gasteiger partial charge is 0.0448 e. The van der Waals surface area contributed by atoms with E-state index in [1.54, 1.807) is 0 Å². The predicted molar refractivity (Wildman–Crippen MR) is 94.2 cm³/mol. The Morgan fingerprint density at radius 2 is 1.00 bits per heavy atom. The van der Waals surface area contributed by atoms with Gasteiger partial charge in [0, 0.05) is 5.41 Å². The van der Waals surface area contributed by atoms with Crippen LogP contribution in [0.3, 0.4) is 0 Å². The first-order valence-electron chi connectivity index (χ1n) is 7.95. The van der Waals surface area contributed by atoms with Crippen molar-refractivity contribution in [3.63, 3.8) is 0 Å². The van der Waals surface area contributed by atoms with Crippen LogP contribution in [-0.2, 0) is 5.41 Å². The minimum Gasteiger partial charge on any atom is -0.0639 e. The molecule has 0 amide bonds. The van der Waals surface area contributed by atoms with Crippen LogP contribution in [0, 0.1) is 6.92 Å². The third-order valence-electron chi connectivity index (χ3n) is 4.61. The summed E-state index contributed by atoms with van der Waals surface area (Å²) in [5.74, 6) is 0. The number of rotatable bonds is 4. The van der Waals surface area contributed by atoms with Gasteiger partial charge in [0.15, 0.2) is 0 Å². The molecule has 0 unspecified atom stereocenters. The molecule has 0 aliphatic heterocycles. The highest BCUT2D eigenvalue weighted by molar-refractivity contribution is 5.50. The Morgan fingerprint density at radius 1 is 0.591 bits per heavy atom. The van der Waals surface area contributed by atoms with Gasteiger partial charge in [0.05, 0.1) is 0 Å². The van der Waals surface area contributed by atoms with E-state index in [0.717, 1.165) is 6.42 Å². The Balaban J connectivity index is 2.28. The average Bonchev–Trinajstić information content (AvgIpc) is 2.59. The van der Waals surface area contributed by atoms with Crippen molar-refractivity contribution in [1.29, 1.82) is 0 Å². The molecule has 0 heteroatoms. The minimum atomic E-state index is -0.0871. The lowest BCUT2D eigenvalue weighted by Crippen LogP contribution is -2.28. The van der Waals surface area contributed by atoms with E-state index in [2.05, 4.69) is 98.8 Å². The monoisotopic (exact) mass is 286 g/mol. The lowest BCUT2D eigenvalue weighted by atomic mass is 9.67. The van der Waals surface area contributed by atoms with Crippen LogP contribution in [0.5, 0.6) is 0 Å². The predicted octanol–water partition coefficient (Wildman–Crippen LogP) is 5.74. The minimum absolute atomic E-state index is 0.0871. The molecule has 22 heavy (non-hydrogen) atoms. The number of benzene rings is 3. The van der Waals surface area contributed by atoms with Crippen molar-refractivity contribution < 1.29 is 0 Å². The molecule has 0 saturated heterocycles. The van der Waals surface area contributed by atoms with E-state index in [0.29, 0.717) is 0 Å².